The zero-order valence-electron chi connectivity index (χ0n) is 13.8. The molecule has 0 fully saturated rings. The summed E-state index contributed by atoms with van der Waals surface area (Å²) in [6.45, 7) is 0.903. The lowest BCUT2D eigenvalue weighted by Gasteiger charge is -2.20. The SMILES string of the molecule is CCCCC(=O)OC(COC(C)=O)COP(=O)(O)OCC(O)CO. The molecule has 3 unspecified atom stereocenters. The van der Waals surface area contributed by atoms with Gasteiger partial charge in [-0.2, -0.15) is 0 Å². The molecule has 0 aromatic rings. The van der Waals surface area contributed by atoms with E-state index in [1.54, 1.807) is 0 Å². The van der Waals surface area contributed by atoms with Gasteiger partial charge in [-0.25, -0.2) is 4.57 Å². The number of rotatable bonds is 13. The van der Waals surface area contributed by atoms with E-state index in [1.807, 2.05) is 6.92 Å². The Morgan fingerprint density at radius 1 is 1.17 bits per heavy atom. The minimum atomic E-state index is -4.53. The molecule has 11 heteroatoms. The van der Waals surface area contributed by atoms with E-state index in [1.165, 1.54) is 0 Å². The summed E-state index contributed by atoms with van der Waals surface area (Å²) >= 11 is 0. The second-order valence-electron chi connectivity index (χ2n) is 4.91. The first-order chi connectivity index (χ1) is 11.2. The van der Waals surface area contributed by atoms with Crippen LogP contribution in [0.1, 0.15) is 33.1 Å². The highest BCUT2D eigenvalue weighted by atomic mass is 31.2. The van der Waals surface area contributed by atoms with E-state index in [-0.39, 0.29) is 13.0 Å². The summed E-state index contributed by atoms with van der Waals surface area (Å²) in [4.78, 5) is 31.9. The van der Waals surface area contributed by atoms with E-state index in [0.717, 1.165) is 13.3 Å². The fraction of sp³-hybridized carbons (Fsp3) is 0.846. The molecule has 142 valence electrons. The van der Waals surface area contributed by atoms with Crippen molar-refractivity contribution in [1.29, 1.82) is 0 Å². The second kappa shape index (κ2) is 12.3. The third-order valence-electron chi connectivity index (χ3n) is 2.57. The van der Waals surface area contributed by atoms with Crippen LogP contribution in [0, 0.1) is 0 Å². The van der Waals surface area contributed by atoms with Crippen LogP contribution in [0.3, 0.4) is 0 Å². The average Bonchev–Trinajstić information content (AvgIpc) is 2.53. The van der Waals surface area contributed by atoms with Gasteiger partial charge >= 0.3 is 19.8 Å². The standard InChI is InChI=1S/C13H25O10P/c1-3-4-5-13(17)23-12(8-20-10(2)15)9-22-24(18,19)21-7-11(16)6-14/h11-12,14,16H,3-9H2,1-2H3,(H,18,19). The molecule has 0 heterocycles. The lowest BCUT2D eigenvalue weighted by molar-refractivity contribution is -0.160. The Kier molecular flexibility index (Phi) is 11.8. The molecule has 0 spiro atoms. The van der Waals surface area contributed by atoms with Crippen LogP contribution in [0.15, 0.2) is 0 Å². The van der Waals surface area contributed by atoms with Gasteiger partial charge in [0.2, 0.25) is 0 Å². The molecule has 0 rings (SSSR count). The number of aliphatic hydroxyl groups is 2. The van der Waals surface area contributed by atoms with Crippen LogP contribution in [0.4, 0.5) is 0 Å². The van der Waals surface area contributed by atoms with Gasteiger partial charge in [0, 0.05) is 13.3 Å². The van der Waals surface area contributed by atoms with Crippen molar-refractivity contribution < 1.29 is 47.8 Å². The van der Waals surface area contributed by atoms with Crippen LogP contribution >= 0.6 is 7.82 Å². The Morgan fingerprint density at radius 3 is 2.33 bits per heavy atom. The zero-order chi connectivity index (χ0) is 18.6. The van der Waals surface area contributed by atoms with Crippen LogP contribution in [0.5, 0.6) is 0 Å². The maximum absolute atomic E-state index is 11.6. The number of carbonyl (C=O) groups excluding carboxylic acids is 2. The van der Waals surface area contributed by atoms with Gasteiger partial charge in [0.1, 0.15) is 12.7 Å². The molecule has 3 atom stereocenters. The van der Waals surface area contributed by atoms with Crippen molar-refractivity contribution in [2.45, 2.75) is 45.3 Å². The van der Waals surface area contributed by atoms with E-state index < -0.39 is 51.8 Å². The smallest absolute Gasteiger partial charge is 0.462 e. The first-order valence-corrected chi connectivity index (χ1v) is 8.93. The topological polar surface area (TPSA) is 149 Å². The second-order valence-corrected chi connectivity index (χ2v) is 6.37. The fourth-order valence-electron chi connectivity index (χ4n) is 1.34. The monoisotopic (exact) mass is 372 g/mol. The number of hydrogen-bond donors (Lipinski definition) is 3. The Hall–Kier alpha value is -1.03. The Labute approximate surface area is 140 Å². The fourth-order valence-corrected chi connectivity index (χ4v) is 2.13. The first kappa shape index (κ1) is 23.0. The molecule has 0 saturated heterocycles. The molecule has 0 bridgehead atoms. The summed E-state index contributed by atoms with van der Waals surface area (Å²) < 4.78 is 30.5. The molecule has 0 aromatic carbocycles. The van der Waals surface area contributed by atoms with Gasteiger partial charge in [-0.1, -0.05) is 13.3 Å². The minimum Gasteiger partial charge on any atom is -0.462 e. The lowest BCUT2D eigenvalue weighted by atomic mass is 10.2. The number of carbonyl (C=O) groups is 2. The van der Waals surface area contributed by atoms with Crippen molar-refractivity contribution in [3.05, 3.63) is 0 Å². The number of hydrogen-bond acceptors (Lipinski definition) is 9. The molecule has 0 saturated carbocycles. The first-order valence-electron chi connectivity index (χ1n) is 7.43. The van der Waals surface area contributed by atoms with Gasteiger partial charge < -0.3 is 24.6 Å². The third kappa shape index (κ3) is 12.4. The number of ether oxygens (including phenoxy) is 2. The number of phosphoric acid groups is 1. The van der Waals surface area contributed by atoms with Gasteiger partial charge in [-0.05, 0) is 6.42 Å². The summed E-state index contributed by atoms with van der Waals surface area (Å²) in [6, 6.07) is 0. The molecule has 3 N–H and O–H groups in total. The number of esters is 2. The minimum absolute atomic E-state index is 0.156. The van der Waals surface area contributed by atoms with Crippen molar-refractivity contribution in [3.8, 4) is 0 Å². The highest BCUT2D eigenvalue weighted by Crippen LogP contribution is 2.43. The Balaban J connectivity index is 4.48. The molecule has 10 nitrogen and oxygen atoms in total. The van der Waals surface area contributed by atoms with Crippen LogP contribution < -0.4 is 0 Å². The quantitative estimate of drug-likeness (QED) is 0.301. The Bertz CT molecular complexity index is 427. The van der Waals surface area contributed by atoms with Crippen molar-refractivity contribution in [1.82, 2.24) is 0 Å². The molecule has 0 aliphatic carbocycles. The van der Waals surface area contributed by atoms with E-state index in [9.17, 15) is 19.0 Å². The highest BCUT2D eigenvalue weighted by Gasteiger charge is 2.26. The average molecular weight is 372 g/mol. The van der Waals surface area contributed by atoms with Crippen LogP contribution in [0.2, 0.25) is 0 Å². The van der Waals surface area contributed by atoms with Gasteiger partial charge in [0.05, 0.1) is 19.8 Å². The number of aliphatic hydroxyl groups excluding tert-OH is 2. The molecule has 0 amide bonds. The summed E-state index contributed by atoms with van der Waals surface area (Å²) in [6.07, 6.45) is -0.862. The molecule has 0 aliphatic rings. The van der Waals surface area contributed by atoms with Crippen molar-refractivity contribution in [2.24, 2.45) is 0 Å². The number of phosphoric ester groups is 1. The van der Waals surface area contributed by atoms with Crippen molar-refractivity contribution >= 4 is 19.8 Å². The van der Waals surface area contributed by atoms with Gasteiger partial charge in [0.15, 0.2) is 6.10 Å². The summed E-state index contributed by atoms with van der Waals surface area (Å²) in [5, 5.41) is 17.6. The van der Waals surface area contributed by atoms with E-state index in [0.29, 0.717) is 6.42 Å². The van der Waals surface area contributed by atoms with Crippen molar-refractivity contribution in [2.75, 3.05) is 26.4 Å². The van der Waals surface area contributed by atoms with E-state index in [4.69, 9.17) is 19.7 Å². The molecular formula is C13H25O10P. The molecule has 0 aliphatic heterocycles. The summed E-state index contributed by atoms with van der Waals surface area (Å²) in [7, 11) is -4.53. The largest absolute Gasteiger partial charge is 0.472 e. The van der Waals surface area contributed by atoms with E-state index >= 15 is 0 Å². The Morgan fingerprint density at radius 2 is 1.79 bits per heavy atom. The van der Waals surface area contributed by atoms with Crippen LogP contribution in [0.25, 0.3) is 0 Å². The number of unbranched alkanes of at least 4 members (excludes halogenated alkanes) is 1. The third-order valence-corrected chi connectivity index (χ3v) is 3.52. The molecule has 24 heavy (non-hydrogen) atoms. The van der Waals surface area contributed by atoms with Gasteiger partial charge in [-0.3, -0.25) is 18.6 Å². The maximum Gasteiger partial charge on any atom is 0.472 e. The van der Waals surface area contributed by atoms with Gasteiger partial charge in [0.25, 0.3) is 0 Å². The van der Waals surface area contributed by atoms with E-state index in [2.05, 4.69) is 9.05 Å². The molecule has 0 radical (unpaired) electrons. The summed E-state index contributed by atoms with van der Waals surface area (Å²) in [5.74, 6) is -1.17. The zero-order valence-corrected chi connectivity index (χ0v) is 14.6. The predicted octanol–water partition coefficient (Wildman–Crippen LogP) is 0.138. The molecular weight excluding hydrogens is 347 g/mol. The van der Waals surface area contributed by atoms with Crippen molar-refractivity contribution in [3.63, 3.8) is 0 Å². The molecule has 0 aromatic heterocycles. The maximum atomic E-state index is 11.6. The predicted molar refractivity (Wildman–Crippen MR) is 80.9 cm³/mol. The van der Waals surface area contributed by atoms with Crippen LogP contribution in [-0.2, 0) is 32.7 Å². The highest BCUT2D eigenvalue weighted by molar-refractivity contribution is 7.47. The van der Waals surface area contributed by atoms with Crippen LogP contribution in [-0.4, -0.2) is 65.7 Å². The lowest BCUT2D eigenvalue weighted by Crippen LogP contribution is -2.29. The summed E-state index contributed by atoms with van der Waals surface area (Å²) in [5.41, 5.74) is 0. The van der Waals surface area contributed by atoms with Gasteiger partial charge in [-0.15, -0.1) is 0 Å². The normalized spacial score (nSPS) is 16.0.